The number of carbonyl (C=O) groups excluding carboxylic acids is 1. The molecule has 0 spiro atoms. The summed E-state index contributed by atoms with van der Waals surface area (Å²) in [5.74, 6) is -1.27. The minimum Gasteiger partial charge on any atom is -0.481 e. The van der Waals surface area contributed by atoms with Gasteiger partial charge >= 0.3 is 5.97 Å². The van der Waals surface area contributed by atoms with E-state index in [0.717, 1.165) is 11.5 Å². The van der Waals surface area contributed by atoms with Crippen LogP contribution < -0.4 is 5.32 Å². The maximum atomic E-state index is 11.8. The molecule has 1 rings (SSSR count). The zero-order valence-electron chi connectivity index (χ0n) is 9.93. The fourth-order valence-electron chi connectivity index (χ4n) is 1.29. The van der Waals surface area contributed by atoms with E-state index in [1.165, 1.54) is 6.20 Å². The van der Waals surface area contributed by atoms with Gasteiger partial charge in [-0.05, 0) is 24.4 Å². The summed E-state index contributed by atoms with van der Waals surface area (Å²) in [7, 11) is 0. The third-order valence-corrected chi connectivity index (χ3v) is 3.44. The number of carboxylic acid groups (broad SMARTS) is 1. The van der Waals surface area contributed by atoms with Crippen molar-refractivity contribution in [3.63, 3.8) is 0 Å². The smallest absolute Gasteiger partial charge is 0.305 e. The van der Waals surface area contributed by atoms with Crippen molar-refractivity contribution >= 4 is 23.4 Å². The van der Waals surface area contributed by atoms with Crippen LogP contribution in [0.25, 0.3) is 0 Å². The van der Waals surface area contributed by atoms with Gasteiger partial charge in [0.15, 0.2) is 0 Å². The molecule has 1 amide bonds. The molecular formula is C10H15N3O3S. The summed E-state index contributed by atoms with van der Waals surface area (Å²) in [6.45, 7) is 5.46. The van der Waals surface area contributed by atoms with Crippen LogP contribution in [-0.2, 0) is 4.79 Å². The van der Waals surface area contributed by atoms with Gasteiger partial charge in [0.1, 0.15) is 4.88 Å². The van der Waals surface area contributed by atoms with Gasteiger partial charge in [-0.3, -0.25) is 9.59 Å². The lowest BCUT2D eigenvalue weighted by molar-refractivity contribution is -0.138. The molecule has 0 aliphatic carbocycles. The lowest BCUT2D eigenvalue weighted by Crippen LogP contribution is -2.51. The van der Waals surface area contributed by atoms with Gasteiger partial charge in [0.2, 0.25) is 0 Å². The summed E-state index contributed by atoms with van der Waals surface area (Å²) in [5, 5.41) is 15.2. The second kappa shape index (κ2) is 5.22. The topological polar surface area (TPSA) is 92.2 Å². The average Bonchev–Trinajstić information content (AvgIpc) is 2.68. The molecule has 1 aromatic heterocycles. The summed E-state index contributed by atoms with van der Waals surface area (Å²) in [6, 6.07) is 0. The number of nitrogens with one attached hydrogen (secondary N) is 1. The first kappa shape index (κ1) is 13.6. The minimum absolute atomic E-state index is 0.00318. The first-order valence-electron chi connectivity index (χ1n) is 5.17. The third kappa shape index (κ3) is 3.48. The highest BCUT2D eigenvalue weighted by Crippen LogP contribution is 2.21. The molecule has 1 heterocycles. The van der Waals surface area contributed by atoms with E-state index >= 15 is 0 Å². The van der Waals surface area contributed by atoms with E-state index in [4.69, 9.17) is 5.11 Å². The Morgan fingerprint density at radius 1 is 1.59 bits per heavy atom. The summed E-state index contributed by atoms with van der Waals surface area (Å²) in [5.41, 5.74) is -0.785. The van der Waals surface area contributed by atoms with Crippen LogP contribution in [0, 0.1) is 5.92 Å². The number of aliphatic carboxylic acids is 1. The van der Waals surface area contributed by atoms with Gasteiger partial charge in [-0.15, -0.1) is 5.10 Å². The monoisotopic (exact) mass is 257 g/mol. The first-order valence-corrected chi connectivity index (χ1v) is 5.94. The Morgan fingerprint density at radius 2 is 2.24 bits per heavy atom. The largest absolute Gasteiger partial charge is 0.481 e. The van der Waals surface area contributed by atoms with Crippen molar-refractivity contribution in [1.82, 2.24) is 14.9 Å². The zero-order valence-corrected chi connectivity index (χ0v) is 10.7. The Balaban J connectivity index is 2.80. The molecule has 0 aliphatic heterocycles. The van der Waals surface area contributed by atoms with E-state index in [-0.39, 0.29) is 18.2 Å². The summed E-state index contributed by atoms with van der Waals surface area (Å²) in [4.78, 5) is 23.0. The molecule has 0 aliphatic rings. The summed E-state index contributed by atoms with van der Waals surface area (Å²) in [6.07, 6.45) is 1.24. The van der Waals surface area contributed by atoms with E-state index in [1.807, 2.05) is 13.8 Å². The number of carboxylic acids is 1. The van der Waals surface area contributed by atoms with Crippen molar-refractivity contribution in [2.75, 3.05) is 0 Å². The lowest BCUT2D eigenvalue weighted by Gasteiger charge is -2.33. The number of hydrogen-bond donors (Lipinski definition) is 2. The van der Waals surface area contributed by atoms with Crippen molar-refractivity contribution in [2.45, 2.75) is 32.7 Å². The van der Waals surface area contributed by atoms with Crippen LogP contribution in [0.2, 0.25) is 0 Å². The molecule has 6 nitrogen and oxygen atoms in total. The Kier molecular flexibility index (Phi) is 4.17. The van der Waals surface area contributed by atoms with Crippen LogP contribution in [-0.4, -0.2) is 32.1 Å². The van der Waals surface area contributed by atoms with E-state index in [9.17, 15) is 9.59 Å². The molecule has 0 fully saturated rings. The van der Waals surface area contributed by atoms with Crippen LogP contribution in [0.4, 0.5) is 0 Å². The molecule has 0 radical (unpaired) electrons. The van der Waals surface area contributed by atoms with E-state index < -0.39 is 11.5 Å². The molecule has 94 valence electrons. The highest BCUT2D eigenvalue weighted by Gasteiger charge is 2.33. The van der Waals surface area contributed by atoms with Crippen molar-refractivity contribution in [1.29, 1.82) is 0 Å². The number of hydrogen-bond acceptors (Lipinski definition) is 5. The number of amides is 1. The molecule has 1 atom stereocenters. The Hall–Kier alpha value is -1.50. The average molecular weight is 257 g/mol. The molecule has 1 aromatic rings. The predicted molar refractivity (Wildman–Crippen MR) is 62.9 cm³/mol. The van der Waals surface area contributed by atoms with Gasteiger partial charge < -0.3 is 10.4 Å². The number of carbonyl (C=O) groups is 2. The van der Waals surface area contributed by atoms with Gasteiger partial charge in [0.05, 0.1) is 18.2 Å². The van der Waals surface area contributed by atoms with Crippen molar-refractivity contribution in [3.8, 4) is 0 Å². The van der Waals surface area contributed by atoms with Crippen molar-refractivity contribution in [2.24, 2.45) is 5.92 Å². The van der Waals surface area contributed by atoms with Crippen molar-refractivity contribution in [3.05, 3.63) is 11.1 Å². The Bertz CT molecular complexity index is 405. The van der Waals surface area contributed by atoms with E-state index in [2.05, 4.69) is 14.9 Å². The van der Waals surface area contributed by atoms with E-state index in [0.29, 0.717) is 4.88 Å². The Labute approximate surface area is 103 Å². The van der Waals surface area contributed by atoms with Crippen molar-refractivity contribution < 1.29 is 14.7 Å². The second-order valence-corrected chi connectivity index (χ2v) is 5.16. The van der Waals surface area contributed by atoms with Crippen LogP contribution in [0.15, 0.2) is 6.20 Å². The molecule has 0 saturated carbocycles. The molecule has 17 heavy (non-hydrogen) atoms. The summed E-state index contributed by atoms with van der Waals surface area (Å²) >= 11 is 0.982. The normalized spacial score (nSPS) is 14.4. The number of aromatic nitrogens is 2. The molecule has 2 N–H and O–H groups in total. The molecule has 0 aromatic carbocycles. The molecular weight excluding hydrogens is 242 g/mol. The van der Waals surface area contributed by atoms with Crippen LogP contribution in [0.1, 0.15) is 36.9 Å². The standard InChI is InChI=1S/C10H15N3O3S/c1-6(2)10(3,4-8(14)15)12-9(16)7-5-11-13-17-7/h5-6H,4H2,1-3H3,(H,12,16)(H,14,15). The highest BCUT2D eigenvalue weighted by atomic mass is 32.1. The molecule has 0 saturated heterocycles. The maximum absolute atomic E-state index is 11.8. The maximum Gasteiger partial charge on any atom is 0.305 e. The minimum atomic E-state index is -0.941. The quantitative estimate of drug-likeness (QED) is 0.825. The van der Waals surface area contributed by atoms with Gasteiger partial charge in [-0.2, -0.15) is 0 Å². The third-order valence-electron chi connectivity index (χ3n) is 2.78. The van der Waals surface area contributed by atoms with Crippen LogP contribution in [0.5, 0.6) is 0 Å². The molecule has 7 heteroatoms. The SMILES string of the molecule is CC(C)C(C)(CC(=O)O)NC(=O)c1cnns1. The van der Waals surface area contributed by atoms with Gasteiger partial charge in [0.25, 0.3) is 5.91 Å². The predicted octanol–water partition coefficient (Wildman–Crippen LogP) is 1.16. The Morgan fingerprint density at radius 3 is 2.65 bits per heavy atom. The fourth-order valence-corrected chi connectivity index (χ4v) is 1.71. The van der Waals surface area contributed by atoms with Crippen LogP contribution in [0.3, 0.4) is 0 Å². The van der Waals surface area contributed by atoms with Gasteiger partial charge in [-0.1, -0.05) is 18.3 Å². The van der Waals surface area contributed by atoms with Gasteiger partial charge in [-0.25, -0.2) is 0 Å². The molecule has 0 bridgehead atoms. The lowest BCUT2D eigenvalue weighted by atomic mass is 9.85. The number of nitrogens with zero attached hydrogens (tertiary/aromatic N) is 2. The first-order chi connectivity index (χ1) is 7.85. The van der Waals surface area contributed by atoms with E-state index in [1.54, 1.807) is 6.92 Å². The zero-order chi connectivity index (χ0) is 13.1. The summed E-state index contributed by atoms with van der Waals surface area (Å²) < 4.78 is 3.59. The van der Waals surface area contributed by atoms with Gasteiger partial charge in [0, 0.05) is 0 Å². The fraction of sp³-hybridized carbons (Fsp3) is 0.600. The van der Waals surface area contributed by atoms with Crippen LogP contribution >= 0.6 is 11.5 Å². The second-order valence-electron chi connectivity index (χ2n) is 4.38. The number of rotatable bonds is 5. The highest BCUT2D eigenvalue weighted by molar-refractivity contribution is 7.07. The molecule has 1 unspecified atom stereocenters.